The number of aryl methyl sites for hydroxylation is 1. The summed E-state index contributed by atoms with van der Waals surface area (Å²) >= 11 is 3.34. The average Bonchev–Trinajstić information content (AvgIpc) is 2.77. The molecule has 0 aliphatic heterocycles. The number of nitrogens with two attached hydrogens (primary N) is 1. The Labute approximate surface area is 120 Å². The first kappa shape index (κ1) is 13.6. The van der Waals surface area contributed by atoms with E-state index >= 15 is 0 Å². The maximum absolute atomic E-state index is 12.3. The van der Waals surface area contributed by atoms with Gasteiger partial charge in [-0.3, -0.25) is 4.79 Å². The van der Waals surface area contributed by atoms with Crippen LogP contribution in [0.4, 0.5) is 5.69 Å². The Morgan fingerprint density at radius 3 is 2.89 bits per heavy atom. The molecule has 100 valence electrons. The molecule has 0 fully saturated rings. The summed E-state index contributed by atoms with van der Waals surface area (Å²) in [5.74, 6) is 0.700. The predicted molar refractivity (Wildman–Crippen MR) is 77.6 cm³/mol. The van der Waals surface area contributed by atoms with E-state index in [0.29, 0.717) is 17.8 Å². The molecule has 1 heterocycles. The summed E-state index contributed by atoms with van der Waals surface area (Å²) in [6, 6.07) is 5.25. The zero-order chi connectivity index (χ0) is 14.0. The summed E-state index contributed by atoms with van der Waals surface area (Å²) in [5.41, 5.74) is 6.81. The second-order valence-electron chi connectivity index (χ2n) is 4.35. The number of carbonyl (C=O) groups is 1. The number of amides is 1. The number of nitrogen functional groups attached to an aromatic ring is 1. The first-order chi connectivity index (χ1) is 8.99. The second kappa shape index (κ2) is 5.44. The van der Waals surface area contributed by atoms with Crippen molar-refractivity contribution >= 4 is 27.5 Å². The van der Waals surface area contributed by atoms with Gasteiger partial charge in [-0.1, -0.05) is 15.9 Å². The van der Waals surface area contributed by atoms with Crippen LogP contribution < -0.4 is 5.73 Å². The fraction of sp³-hybridized carbons (Fsp3) is 0.231. The molecule has 0 unspecified atom stereocenters. The van der Waals surface area contributed by atoms with Crippen molar-refractivity contribution in [2.75, 3.05) is 12.8 Å². The molecule has 0 radical (unpaired) electrons. The quantitative estimate of drug-likeness (QED) is 0.879. The molecule has 2 rings (SSSR count). The van der Waals surface area contributed by atoms with Gasteiger partial charge in [0.2, 0.25) is 0 Å². The molecule has 0 saturated carbocycles. The lowest BCUT2D eigenvalue weighted by molar-refractivity contribution is 0.0781. The van der Waals surface area contributed by atoms with Crippen molar-refractivity contribution in [3.63, 3.8) is 0 Å². The Morgan fingerprint density at radius 1 is 1.53 bits per heavy atom. The fourth-order valence-corrected chi connectivity index (χ4v) is 2.11. The van der Waals surface area contributed by atoms with Gasteiger partial charge in [0.1, 0.15) is 5.82 Å². The minimum absolute atomic E-state index is 0.123. The van der Waals surface area contributed by atoms with Gasteiger partial charge in [-0.2, -0.15) is 0 Å². The number of hydrogen-bond donors (Lipinski definition) is 1. The molecule has 19 heavy (non-hydrogen) atoms. The van der Waals surface area contributed by atoms with Gasteiger partial charge in [0.15, 0.2) is 0 Å². The van der Waals surface area contributed by atoms with Crippen molar-refractivity contribution in [3.8, 4) is 0 Å². The monoisotopic (exact) mass is 322 g/mol. The third-order valence-corrected chi connectivity index (χ3v) is 3.39. The number of halogens is 1. The lowest BCUT2D eigenvalue weighted by atomic mass is 10.1. The van der Waals surface area contributed by atoms with Gasteiger partial charge < -0.3 is 15.2 Å². The van der Waals surface area contributed by atoms with Crippen molar-refractivity contribution in [1.29, 1.82) is 0 Å². The van der Waals surface area contributed by atoms with Gasteiger partial charge in [-0.25, -0.2) is 4.98 Å². The van der Waals surface area contributed by atoms with E-state index < -0.39 is 0 Å². The molecule has 1 aromatic heterocycles. The maximum atomic E-state index is 12.3. The Kier molecular flexibility index (Phi) is 3.90. The molecule has 0 saturated heterocycles. The van der Waals surface area contributed by atoms with E-state index in [4.69, 9.17) is 5.73 Å². The molecular weight excluding hydrogens is 308 g/mol. The number of hydrogen-bond acceptors (Lipinski definition) is 3. The molecular formula is C13H15BrN4O. The first-order valence-electron chi connectivity index (χ1n) is 5.75. The number of imidazole rings is 1. The highest BCUT2D eigenvalue weighted by molar-refractivity contribution is 9.10. The van der Waals surface area contributed by atoms with E-state index in [2.05, 4.69) is 20.9 Å². The summed E-state index contributed by atoms with van der Waals surface area (Å²) in [5, 5.41) is 0. The third-order valence-electron chi connectivity index (χ3n) is 2.89. The summed E-state index contributed by atoms with van der Waals surface area (Å²) < 4.78 is 2.71. The van der Waals surface area contributed by atoms with Crippen LogP contribution in [-0.2, 0) is 13.6 Å². The van der Waals surface area contributed by atoms with E-state index in [9.17, 15) is 4.79 Å². The molecule has 2 aromatic rings. The van der Waals surface area contributed by atoms with Gasteiger partial charge in [0.25, 0.3) is 5.91 Å². The normalized spacial score (nSPS) is 10.5. The van der Waals surface area contributed by atoms with Crippen molar-refractivity contribution < 1.29 is 4.79 Å². The van der Waals surface area contributed by atoms with Gasteiger partial charge in [0.05, 0.1) is 12.1 Å². The minimum Gasteiger partial charge on any atom is -0.398 e. The van der Waals surface area contributed by atoms with Crippen LogP contribution in [0.5, 0.6) is 0 Å². The molecule has 0 spiro atoms. The van der Waals surface area contributed by atoms with Crippen LogP contribution >= 0.6 is 15.9 Å². The maximum Gasteiger partial charge on any atom is 0.256 e. The molecule has 0 aliphatic carbocycles. The lowest BCUT2D eigenvalue weighted by Gasteiger charge is -2.18. The smallest absolute Gasteiger partial charge is 0.256 e. The highest BCUT2D eigenvalue weighted by Gasteiger charge is 2.16. The summed E-state index contributed by atoms with van der Waals surface area (Å²) in [6.45, 7) is 0.439. The fourth-order valence-electron chi connectivity index (χ4n) is 1.75. The minimum atomic E-state index is -0.123. The van der Waals surface area contributed by atoms with E-state index in [0.717, 1.165) is 10.3 Å². The van der Waals surface area contributed by atoms with E-state index in [1.807, 2.05) is 23.9 Å². The van der Waals surface area contributed by atoms with Crippen LogP contribution in [0, 0.1) is 0 Å². The van der Waals surface area contributed by atoms with E-state index in [1.165, 1.54) is 0 Å². The number of rotatable bonds is 3. The van der Waals surface area contributed by atoms with Gasteiger partial charge >= 0.3 is 0 Å². The van der Waals surface area contributed by atoms with Crippen LogP contribution in [0.25, 0.3) is 0 Å². The van der Waals surface area contributed by atoms with Crippen molar-refractivity contribution in [1.82, 2.24) is 14.5 Å². The number of benzene rings is 1. The molecule has 1 amide bonds. The lowest BCUT2D eigenvalue weighted by Crippen LogP contribution is -2.28. The Bertz CT molecular complexity index is 608. The zero-order valence-electron chi connectivity index (χ0n) is 10.8. The van der Waals surface area contributed by atoms with Gasteiger partial charge in [-0.15, -0.1) is 0 Å². The highest BCUT2D eigenvalue weighted by atomic mass is 79.9. The topological polar surface area (TPSA) is 64.2 Å². The Morgan fingerprint density at radius 2 is 2.26 bits per heavy atom. The first-order valence-corrected chi connectivity index (χ1v) is 6.55. The Balaban J connectivity index is 2.19. The van der Waals surface area contributed by atoms with Gasteiger partial charge in [0, 0.05) is 36.6 Å². The number of aromatic nitrogens is 2. The van der Waals surface area contributed by atoms with Crippen molar-refractivity contribution in [2.24, 2.45) is 7.05 Å². The largest absolute Gasteiger partial charge is 0.398 e. The average molecular weight is 323 g/mol. The highest BCUT2D eigenvalue weighted by Crippen LogP contribution is 2.20. The van der Waals surface area contributed by atoms with Crippen molar-refractivity contribution in [2.45, 2.75) is 6.54 Å². The predicted octanol–water partition coefficient (Wildman–Crippen LogP) is 2.04. The molecule has 0 atom stereocenters. The SMILES string of the molecule is CN(Cc1nccn1C)C(=O)c1cc(Br)ccc1N. The standard InChI is InChI=1S/C13H15BrN4O/c1-17-6-5-16-12(17)8-18(2)13(19)10-7-9(14)3-4-11(10)15/h3-7H,8,15H2,1-2H3. The number of anilines is 1. The van der Waals surface area contributed by atoms with Crippen LogP contribution in [-0.4, -0.2) is 27.4 Å². The molecule has 6 heteroatoms. The summed E-state index contributed by atoms with van der Waals surface area (Å²) in [4.78, 5) is 18.1. The molecule has 2 N–H and O–H groups in total. The summed E-state index contributed by atoms with van der Waals surface area (Å²) in [7, 11) is 3.63. The van der Waals surface area contributed by atoms with Crippen molar-refractivity contribution in [3.05, 3.63) is 46.5 Å². The zero-order valence-corrected chi connectivity index (χ0v) is 12.4. The number of carbonyl (C=O) groups excluding carboxylic acids is 1. The van der Waals surface area contributed by atoms with E-state index in [1.54, 1.807) is 30.3 Å². The number of nitrogens with zero attached hydrogens (tertiary/aromatic N) is 3. The Hall–Kier alpha value is -1.82. The molecule has 0 bridgehead atoms. The molecule has 5 nitrogen and oxygen atoms in total. The molecule has 1 aromatic carbocycles. The van der Waals surface area contributed by atoms with Crippen LogP contribution in [0.2, 0.25) is 0 Å². The van der Waals surface area contributed by atoms with Crippen LogP contribution in [0.1, 0.15) is 16.2 Å². The summed E-state index contributed by atoms with van der Waals surface area (Å²) in [6.07, 6.45) is 3.56. The van der Waals surface area contributed by atoms with Crippen LogP contribution in [0.15, 0.2) is 35.1 Å². The van der Waals surface area contributed by atoms with Gasteiger partial charge in [-0.05, 0) is 18.2 Å². The molecule has 0 aliphatic rings. The van der Waals surface area contributed by atoms with E-state index in [-0.39, 0.29) is 5.91 Å². The second-order valence-corrected chi connectivity index (χ2v) is 5.26. The third kappa shape index (κ3) is 2.96. The van der Waals surface area contributed by atoms with Crippen LogP contribution in [0.3, 0.4) is 0 Å².